The molecule has 0 radical (unpaired) electrons. The summed E-state index contributed by atoms with van der Waals surface area (Å²) >= 11 is 3.44. The highest BCUT2D eigenvalue weighted by atomic mass is 79.9. The lowest BCUT2D eigenvalue weighted by molar-refractivity contribution is 0.898. The quantitative estimate of drug-likeness (QED) is 0.821. The van der Waals surface area contributed by atoms with Crippen molar-refractivity contribution in [2.24, 2.45) is 10.9 Å². The Morgan fingerprint density at radius 1 is 1.35 bits per heavy atom. The number of aliphatic imine (C=N–C) groups is 1. The third kappa shape index (κ3) is 5.68. The van der Waals surface area contributed by atoms with E-state index in [9.17, 15) is 0 Å². The molecule has 0 aliphatic rings. The van der Waals surface area contributed by atoms with Crippen LogP contribution >= 0.6 is 15.9 Å². The zero-order valence-electron chi connectivity index (χ0n) is 10.6. The van der Waals surface area contributed by atoms with Crippen molar-refractivity contribution in [3.05, 3.63) is 46.2 Å². The molecule has 0 aliphatic heterocycles. The molecule has 3 heteroatoms. The van der Waals surface area contributed by atoms with Gasteiger partial charge in [0.25, 0.3) is 0 Å². The molecule has 1 rings (SSSR count). The van der Waals surface area contributed by atoms with Crippen LogP contribution in [0.3, 0.4) is 0 Å². The van der Waals surface area contributed by atoms with E-state index in [2.05, 4.69) is 64.4 Å². The summed E-state index contributed by atoms with van der Waals surface area (Å²) in [5, 5.41) is 3.04. The van der Waals surface area contributed by atoms with Gasteiger partial charge in [0.1, 0.15) is 0 Å². The third-order valence-corrected chi connectivity index (χ3v) is 2.68. The van der Waals surface area contributed by atoms with Crippen molar-refractivity contribution in [2.45, 2.75) is 20.3 Å². The molecule has 0 atom stereocenters. The topological polar surface area (TPSA) is 24.4 Å². The Balaban J connectivity index is 2.73. The van der Waals surface area contributed by atoms with Crippen molar-refractivity contribution in [1.82, 2.24) is 5.32 Å². The van der Waals surface area contributed by atoms with Crippen molar-refractivity contribution in [1.29, 1.82) is 0 Å². The Labute approximate surface area is 112 Å². The van der Waals surface area contributed by atoms with Crippen LogP contribution < -0.4 is 5.32 Å². The maximum absolute atomic E-state index is 4.49. The molecular formula is C14H19BrN2. The number of allylic oxidation sites excluding steroid dienone is 1. The number of halogens is 1. The van der Waals surface area contributed by atoms with Gasteiger partial charge in [-0.1, -0.05) is 41.9 Å². The number of nitrogens with one attached hydrogen (secondary N) is 1. The van der Waals surface area contributed by atoms with Gasteiger partial charge in [-0.3, -0.25) is 4.99 Å². The lowest BCUT2D eigenvalue weighted by atomic mass is 10.1. The fourth-order valence-corrected chi connectivity index (χ4v) is 1.62. The minimum Gasteiger partial charge on any atom is -0.393 e. The van der Waals surface area contributed by atoms with E-state index in [-0.39, 0.29) is 0 Å². The molecule has 0 saturated heterocycles. The van der Waals surface area contributed by atoms with Gasteiger partial charge < -0.3 is 5.32 Å². The van der Waals surface area contributed by atoms with Crippen LogP contribution in [0.2, 0.25) is 0 Å². The minimum atomic E-state index is 0.472. The number of nitrogens with zero attached hydrogens (tertiary/aromatic N) is 1. The SMILES string of the molecule is CN/C=C(/Cc1ccc(Br)cc1)N=CC(C)C. The average Bonchev–Trinajstić information content (AvgIpc) is 2.29. The first-order valence-electron chi connectivity index (χ1n) is 5.76. The minimum absolute atomic E-state index is 0.472. The van der Waals surface area contributed by atoms with E-state index in [1.54, 1.807) is 0 Å². The highest BCUT2D eigenvalue weighted by Crippen LogP contribution is 2.14. The summed E-state index contributed by atoms with van der Waals surface area (Å²) in [6, 6.07) is 8.33. The molecule has 0 fully saturated rings. The number of benzene rings is 1. The maximum Gasteiger partial charge on any atom is 0.0599 e. The van der Waals surface area contributed by atoms with Gasteiger partial charge in [-0.25, -0.2) is 0 Å². The second kappa shape index (κ2) is 7.28. The predicted molar refractivity (Wildman–Crippen MR) is 78.3 cm³/mol. The summed E-state index contributed by atoms with van der Waals surface area (Å²) in [5.41, 5.74) is 2.30. The average molecular weight is 295 g/mol. The van der Waals surface area contributed by atoms with Gasteiger partial charge in [0, 0.05) is 30.4 Å². The molecule has 0 saturated carbocycles. The number of rotatable bonds is 5. The van der Waals surface area contributed by atoms with Crippen LogP contribution in [0.1, 0.15) is 19.4 Å². The lowest BCUT2D eigenvalue weighted by Gasteiger charge is -2.04. The van der Waals surface area contributed by atoms with Crippen LogP contribution in [0, 0.1) is 5.92 Å². The van der Waals surface area contributed by atoms with Gasteiger partial charge in [0.2, 0.25) is 0 Å². The Kier molecular flexibility index (Phi) is 5.98. The summed E-state index contributed by atoms with van der Waals surface area (Å²) in [6.07, 6.45) is 4.76. The summed E-state index contributed by atoms with van der Waals surface area (Å²) < 4.78 is 1.10. The van der Waals surface area contributed by atoms with Crippen molar-refractivity contribution < 1.29 is 0 Å². The van der Waals surface area contributed by atoms with E-state index < -0.39 is 0 Å². The van der Waals surface area contributed by atoms with Crippen molar-refractivity contribution >= 4 is 22.1 Å². The van der Waals surface area contributed by atoms with Crippen LogP contribution in [0.25, 0.3) is 0 Å². The van der Waals surface area contributed by atoms with E-state index in [0.717, 1.165) is 16.6 Å². The summed E-state index contributed by atoms with van der Waals surface area (Å²) in [4.78, 5) is 4.49. The summed E-state index contributed by atoms with van der Waals surface area (Å²) in [6.45, 7) is 4.25. The molecule has 92 valence electrons. The first-order chi connectivity index (χ1) is 8.11. The normalized spacial score (nSPS) is 12.4. The van der Waals surface area contributed by atoms with Crippen molar-refractivity contribution in [2.75, 3.05) is 7.05 Å². The summed E-state index contributed by atoms with van der Waals surface area (Å²) in [5.74, 6) is 0.472. The van der Waals surface area contributed by atoms with Crippen molar-refractivity contribution in [3.8, 4) is 0 Å². The van der Waals surface area contributed by atoms with Crippen LogP contribution in [0.4, 0.5) is 0 Å². The smallest absolute Gasteiger partial charge is 0.0599 e. The van der Waals surface area contributed by atoms with E-state index in [4.69, 9.17) is 0 Å². The van der Waals surface area contributed by atoms with Crippen LogP contribution in [-0.4, -0.2) is 13.3 Å². The molecule has 0 amide bonds. The molecule has 1 N–H and O–H groups in total. The van der Waals surface area contributed by atoms with Gasteiger partial charge in [0.15, 0.2) is 0 Å². The van der Waals surface area contributed by atoms with E-state index in [1.165, 1.54) is 5.56 Å². The fourth-order valence-electron chi connectivity index (χ4n) is 1.36. The first kappa shape index (κ1) is 14.0. The van der Waals surface area contributed by atoms with Crippen LogP contribution in [0.5, 0.6) is 0 Å². The Hall–Kier alpha value is -1.09. The maximum atomic E-state index is 4.49. The van der Waals surface area contributed by atoms with E-state index in [0.29, 0.717) is 5.92 Å². The monoisotopic (exact) mass is 294 g/mol. The largest absolute Gasteiger partial charge is 0.393 e. The molecule has 0 bridgehead atoms. The van der Waals surface area contributed by atoms with E-state index in [1.807, 2.05) is 19.5 Å². The highest BCUT2D eigenvalue weighted by molar-refractivity contribution is 9.10. The molecule has 1 aromatic rings. The Morgan fingerprint density at radius 2 is 2.00 bits per heavy atom. The standard InChI is InChI=1S/C14H19BrN2/c1-11(2)9-17-14(10-16-3)8-12-4-6-13(15)7-5-12/h4-7,9-11,16H,8H2,1-3H3/b14-10-,17-9?. The van der Waals surface area contributed by atoms with Crippen LogP contribution in [-0.2, 0) is 6.42 Å². The Bertz CT molecular complexity index is 391. The zero-order valence-corrected chi connectivity index (χ0v) is 12.2. The third-order valence-electron chi connectivity index (χ3n) is 2.15. The van der Waals surface area contributed by atoms with Gasteiger partial charge in [0.05, 0.1) is 5.70 Å². The van der Waals surface area contributed by atoms with Gasteiger partial charge in [-0.05, 0) is 23.6 Å². The molecule has 0 spiro atoms. The first-order valence-corrected chi connectivity index (χ1v) is 6.56. The second-order valence-electron chi connectivity index (χ2n) is 4.25. The second-order valence-corrected chi connectivity index (χ2v) is 5.17. The van der Waals surface area contributed by atoms with Crippen LogP contribution in [0.15, 0.2) is 45.6 Å². The number of hydrogen-bond donors (Lipinski definition) is 1. The number of hydrogen-bond acceptors (Lipinski definition) is 2. The van der Waals surface area contributed by atoms with Crippen molar-refractivity contribution in [3.63, 3.8) is 0 Å². The summed E-state index contributed by atoms with van der Waals surface area (Å²) in [7, 11) is 1.90. The van der Waals surface area contributed by atoms with Gasteiger partial charge in [-0.15, -0.1) is 0 Å². The molecule has 0 unspecified atom stereocenters. The molecule has 17 heavy (non-hydrogen) atoms. The fraction of sp³-hybridized carbons (Fsp3) is 0.357. The molecule has 0 aliphatic carbocycles. The zero-order chi connectivity index (χ0) is 12.7. The molecular weight excluding hydrogens is 276 g/mol. The Morgan fingerprint density at radius 3 is 2.53 bits per heavy atom. The predicted octanol–water partition coefficient (Wildman–Crippen LogP) is 3.78. The molecule has 0 aromatic heterocycles. The molecule has 1 aromatic carbocycles. The van der Waals surface area contributed by atoms with E-state index >= 15 is 0 Å². The highest BCUT2D eigenvalue weighted by Gasteiger charge is 1.98. The van der Waals surface area contributed by atoms with Gasteiger partial charge >= 0.3 is 0 Å². The van der Waals surface area contributed by atoms with Gasteiger partial charge in [-0.2, -0.15) is 0 Å². The molecule has 0 heterocycles. The lowest BCUT2D eigenvalue weighted by Crippen LogP contribution is -1.99. The molecule has 2 nitrogen and oxygen atoms in total.